The molecule has 2 aromatic heterocycles. The minimum absolute atomic E-state index is 0.0552. The van der Waals surface area contributed by atoms with Gasteiger partial charge in [0.2, 0.25) is 0 Å². The van der Waals surface area contributed by atoms with Gasteiger partial charge in [-0.05, 0) is 61.0 Å². The Hall–Kier alpha value is -3.57. The number of anilines is 1. The number of thiazole rings is 1. The fourth-order valence-electron chi connectivity index (χ4n) is 3.28. The van der Waals surface area contributed by atoms with Gasteiger partial charge in [0.1, 0.15) is 29.3 Å². The molecule has 192 valence electrons. The quantitative estimate of drug-likeness (QED) is 0.205. The summed E-state index contributed by atoms with van der Waals surface area (Å²) in [5.74, 6) is 1.30. The standard InChI is InChI=1S/C27H27N3O5S2/c1-19-7-11-23(12-8-19)37(32,33)34-18-22(17-31)35-21-10-13-24-25(15-21)36-27(30-24)6-4-3-5-20-9-14-26(28-2)29-16-20/h3-16,22,31H,17-18H2,1-2H3,(H,28,29). The number of fused-ring (bicyclic) bond motifs is 1. The first-order valence-corrected chi connectivity index (χ1v) is 13.7. The van der Waals surface area contributed by atoms with E-state index in [1.165, 1.54) is 23.5 Å². The van der Waals surface area contributed by atoms with E-state index in [0.717, 1.165) is 32.2 Å². The van der Waals surface area contributed by atoms with E-state index in [1.807, 2.05) is 62.5 Å². The van der Waals surface area contributed by atoms with E-state index in [0.29, 0.717) is 5.75 Å². The van der Waals surface area contributed by atoms with Crippen molar-refractivity contribution in [2.75, 3.05) is 25.6 Å². The lowest BCUT2D eigenvalue weighted by Gasteiger charge is -2.17. The molecule has 1 atom stereocenters. The molecule has 0 aliphatic carbocycles. The number of benzene rings is 2. The molecule has 0 saturated heterocycles. The highest BCUT2D eigenvalue weighted by Gasteiger charge is 2.19. The Morgan fingerprint density at radius 3 is 2.57 bits per heavy atom. The first kappa shape index (κ1) is 26.5. The van der Waals surface area contributed by atoms with Crippen LogP contribution >= 0.6 is 11.3 Å². The van der Waals surface area contributed by atoms with Crippen LogP contribution in [-0.2, 0) is 14.3 Å². The molecule has 0 aliphatic rings. The molecule has 0 amide bonds. The van der Waals surface area contributed by atoms with E-state index >= 15 is 0 Å². The Kier molecular flexibility index (Phi) is 8.67. The van der Waals surface area contributed by atoms with Crippen LogP contribution in [0.4, 0.5) is 5.82 Å². The zero-order valence-electron chi connectivity index (χ0n) is 20.4. The molecule has 10 heteroatoms. The van der Waals surface area contributed by atoms with Crippen LogP contribution in [0.1, 0.15) is 16.1 Å². The third-order valence-electron chi connectivity index (χ3n) is 5.28. The molecule has 2 aromatic carbocycles. The Labute approximate surface area is 220 Å². The van der Waals surface area contributed by atoms with Crippen LogP contribution in [0.15, 0.2) is 77.8 Å². The molecule has 8 nitrogen and oxygen atoms in total. The predicted molar refractivity (Wildman–Crippen MR) is 147 cm³/mol. The first-order chi connectivity index (χ1) is 17.9. The summed E-state index contributed by atoms with van der Waals surface area (Å²) in [4.78, 5) is 8.93. The molecule has 0 aliphatic heterocycles. The van der Waals surface area contributed by atoms with Crippen LogP contribution in [0.2, 0.25) is 0 Å². The number of nitrogens with zero attached hydrogens (tertiary/aromatic N) is 2. The number of rotatable bonds is 11. The summed E-state index contributed by atoms with van der Waals surface area (Å²) in [7, 11) is -2.13. The van der Waals surface area contributed by atoms with Gasteiger partial charge < -0.3 is 15.2 Å². The number of aryl methyl sites for hydroxylation is 1. The molecule has 2 heterocycles. The van der Waals surface area contributed by atoms with Gasteiger partial charge in [0, 0.05) is 13.2 Å². The average Bonchev–Trinajstić information content (AvgIpc) is 3.31. The van der Waals surface area contributed by atoms with Gasteiger partial charge in [0.25, 0.3) is 10.1 Å². The zero-order chi connectivity index (χ0) is 26.3. The molecule has 4 aromatic rings. The predicted octanol–water partition coefficient (Wildman–Crippen LogP) is 4.91. The summed E-state index contributed by atoms with van der Waals surface area (Å²) in [6.07, 6.45) is 8.64. The Balaban J connectivity index is 1.37. The second kappa shape index (κ2) is 12.1. The lowest BCUT2D eigenvalue weighted by Crippen LogP contribution is -2.28. The molecular formula is C27H27N3O5S2. The maximum absolute atomic E-state index is 12.4. The second-order valence-electron chi connectivity index (χ2n) is 8.10. The third kappa shape index (κ3) is 7.23. The molecule has 1 unspecified atom stereocenters. The van der Waals surface area contributed by atoms with E-state index in [4.69, 9.17) is 8.92 Å². The summed E-state index contributed by atoms with van der Waals surface area (Å²) in [5, 5.41) is 13.5. The lowest BCUT2D eigenvalue weighted by atomic mass is 10.2. The van der Waals surface area contributed by atoms with Gasteiger partial charge in [0.15, 0.2) is 0 Å². The molecule has 4 rings (SSSR count). The molecule has 0 saturated carbocycles. The van der Waals surface area contributed by atoms with Gasteiger partial charge in [-0.25, -0.2) is 9.97 Å². The zero-order valence-corrected chi connectivity index (χ0v) is 22.0. The normalized spacial score (nSPS) is 12.9. The van der Waals surface area contributed by atoms with Gasteiger partial charge in [-0.1, -0.05) is 35.9 Å². The Morgan fingerprint density at radius 2 is 1.86 bits per heavy atom. The van der Waals surface area contributed by atoms with Crippen molar-refractivity contribution in [3.8, 4) is 5.75 Å². The molecule has 0 spiro atoms. The highest BCUT2D eigenvalue weighted by molar-refractivity contribution is 7.86. The van der Waals surface area contributed by atoms with Crippen molar-refractivity contribution in [1.29, 1.82) is 0 Å². The van der Waals surface area contributed by atoms with Crippen LogP contribution in [0.3, 0.4) is 0 Å². The number of aromatic nitrogens is 2. The topological polar surface area (TPSA) is 111 Å². The van der Waals surface area contributed by atoms with Gasteiger partial charge in [0.05, 0.1) is 21.7 Å². The number of pyridine rings is 1. The smallest absolute Gasteiger partial charge is 0.297 e. The van der Waals surface area contributed by atoms with Crippen LogP contribution in [-0.4, -0.2) is 49.9 Å². The Bertz CT molecular complexity index is 1500. The lowest BCUT2D eigenvalue weighted by molar-refractivity contribution is 0.0742. The maximum Gasteiger partial charge on any atom is 0.297 e. The summed E-state index contributed by atoms with van der Waals surface area (Å²) in [6, 6.07) is 15.6. The van der Waals surface area contributed by atoms with Crippen LogP contribution in [0, 0.1) is 6.92 Å². The summed E-state index contributed by atoms with van der Waals surface area (Å²) in [6.45, 7) is 1.14. The number of allylic oxidation sites excluding steroid dienone is 2. The molecule has 2 N–H and O–H groups in total. The van der Waals surface area contributed by atoms with Crippen molar-refractivity contribution in [3.05, 3.63) is 89.1 Å². The van der Waals surface area contributed by atoms with Crippen molar-refractivity contribution < 1.29 is 22.4 Å². The van der Waals surface area contributed by atoms with Gasteiger partial charge in [-0.15, -0.1) is 11.3 Å². The first-order valence-electron chi connectivity index (χ1n) is 11.5. The highest BCUT2D eigenvalue weighted by Crippen LogP contribution is 2.28. The molecular weight excluding hydrogens is 510 g/mol. The fraction of sp³-hybridized carbons (Fsp3) is 0.185. The number of hydrogen-bond acceptors (Lipinski definition) is 9. The fourth-order valence-corrected chi connectivity index (χ4v) is 5.12. The Morgan fingerprint density at radius 1 is 1.08 bits per heavy atom. The summed E-state index contributed by atoms with van der Waals surface area (Å²) < 4.78 is 36.7. The third-order valence-corrected chi connectivity index (χ3v) is 7.56. The second-order valence-corrected chi connectivity index (χ2v) is 10.8. The number of nitrogens with one attached hydrogen (secondary N) is 1. The van der Waals surface area contributed by atoms with Gasteiger partial charge >= 0.3 is 0 Å². The minimum atomic E-state index is -3.96. The van der Waals surface area contributed by atoms with Gasteiger partial charge in [-0.2, -0.15) is 8.42 Å². The number of ether oxygens (including phenoxy) is 1. The highest BCUT2D eigenvalue weighted by atomic mass is 32.2. The van der Waals surface area contributed by atoms with Crippen molar-refractivity contribution in [2.45, 2.75) is 17.9 Å². The molecule has 37 heavy (non-hydrogen) atoms. The van der Waals surface area contributed by atoms with Crippen LogP contribution in [0.5, 0.6) is 5.75 Å². The average molecular weight is 538 g/mol. The van der Waals surface area contributed by atoms with E-state index < -0.39 is 22.8 Å². The van der Waals surface area contributed by atoms with Crippen molar-refractivity contribution in [2.24, 2.45) is 0 Å². The van der Waals surface area contributed by atoms with Crippen molar-refractivity contribution >= 4 is 49.6 Å². The number of aliphatic hydroxyl groups excluding tert-OH is 1. The van der Waals surface area contributed by atoms with Crippen LogP contribution in [0.25, 0.3) is 22.4 Å². The van der Waals surface area contributed by atoms with Crippen molar-refractivity contribution in [1.82, 2.24) is 9.97 Å². The minimum Gasteiger partial charge on any atom is -0.486 e. The maximum atomic E-state index is 12.4. The molecule has 0 fully saturated rings. The van der Waals surface area contributed by atoms with Gasteiger partial charge in [-0.3, -0.25) is 4.18 Å². The van der Waals surface area contributed by atoms with E-state index in [-0.39, 0.29) is 11.5 Å². The van der Waals surface area contributed by atoms with Crippen LogP contribution < -0.4 is 10.1 Å². The van der Waals surface area contributed by atoms with E-state index in [9.17, 15) is 13.5 Å². The number of hydrogen-bond donors (Lipinski definition) is 2. The monoisotopic (exact) mass is 537 g/mol. The SMILES string of the molecule is CNc1ccc(C=CC=Cc2nc3ccc(OC(CO)COS(=O)(=O)c4ccc(C)cc4)cc3s2)cn1. The van der Waals surface area contributed by atoms with Crippen molar-refractivity contribution in [3.63, 3.8) is 0 Å². The summed E-state index contributed by atoms with van der Waals surface area (Å²) in [5.41, 5.74) is 2.74. The van der Waals surface area contributed by atoms with E-state index in [1.54, 1.807) is 24.4 Å². The largest absolute Gasteiger partial charge is 0.486 e. The number of aliphatic hydroxyl groups is 1. The van der Waals surface area contributed by atoms with E-state index in [2.05, 4.69) is 15.3 Å². The molecule has 0 radical (unpaired) electrons. The molecule has 0 bridgehead atoms. The summed E-state index contributed by atoms with van der Waals surface area (Å²) >= 11 is 1.49.